The van der Waals surface area contributed by atoms with Crippen LogP contribution in [0.15, 0.2) is 54.6 Å². The van der Waals surface area contributed by atoms with E-state index < -0.39 is 18.5 Å². The number of rotatable bonds is 7. The van der Waals surface area contributed by atoms with Crippen LogP contribution < -0.4 is 5.32 Å². The summed E-state index contributed by atoms with van der Waals surface area (Å²) >= 11 is 0. The number of para-hydroxylation sites is 1. The van der Waals surface area contributed by atoms with E-state index in [2.05, 4.69) is 10.3 Å². The van der Waals surface area contributed by atoms with Crippen LogP contribution in [0.2, 0.25) is 0 Å². The van der Waals surface area contributed by atoms with Gasteiger partial charge in [-0.2, -0.15) is 0 Å². The summed E-state index contributed by atoms with van der Waals surface area (Å²) in [5, 5.41) is 3.34. The smallest absolute Gasteiger partial charge is 0.339 e. The van der Waals surface area contributed by atoms with E-state index in [9.17, 15) is 14.4 Å². The Morgan fingerprint density at radius 1 is 1.00 bits per heavy atom. The van der Waals surface area contributed by atoms with Crippen molar-refractivity contribution in [1.82, 2.24) is 9.88 Å². The molecule has 0 saturated carbocycles. The number of hydrogen-bond donors (Lipinski definition) is 1. The van der Waals surface area contributed by atoms with E-state index in [0.29, 0.717) is 46.5 Å². The van der Waals surface area contributed by atoms with Crippen LogP contribution in [0.4, 0.5) is 5.69 Å². The first-order valence-electron chi connectivity index (χ1n) is 10.2. The molecule has 1 heterocycles. The first kappa shape index (κ1) is 22.0. The van der Waals surface area contributed by atoms with Crippen molar-refractivity contribution in [3.8, 4) is 0 Å². The number of aryl methyl sites for hydroxylation is 1. The fraction of sp³-hybridized carbons (Fsp3) is 0.250. The summed E-state index contributed by atoms with van der Waals surface area (Å²) in [7, 11) is 0. The highest BCUT2D eigenvalue weighted by Gasteiger charge is 2.16. The highest BCUT2D eigenvalue weighted by molar-refractivity contribution is 6.04. The van der Waals surface area contributed by atoms with Gasteiger partial charge in [0.15, 0.2) is 6.61 Å². The number of nitrogens with one attached hydrogen (secondary N) is 1. The van der Waals surface area contributed by atoms with Crippen LogP contribution in [-0.4, -0.2) is 47.4 Å². The summed E-state index contributed by atoms with van der Waals surface area (Å²) in [5.41, 5.74) is 2.82. The van der Waals surface area contributed by atoms with Crippen LogP contribution in [0.5, 0.6) is 0 Å². The van der Waals surface area contributed by atoms with Crippen LogP contribution >= 0.6 is 0 Å². The Hall–Kier alpha value is -3.74. The molecule has 7 heteroatoms. The lowest BCUT2D eigenvalue weighted by molar-refractivity contribution is -0.119. The number of fused-ring (bicyclic) bond motifs is 1. The molecule has 1 aromatic heterocycles. The Balaban J connectivity index is 1.61. The van der Waals surface area contributed by atoms with Crippen LogP contribution in [0.3, 0.4) is 0 Å². The number of esters is 1. The predicted molar refractivity (Wildman–Crippen MR) is 119 cm³/mol. The normalized spacial score (nSPS) is 10.5. The van der Waals surface area contributed by atoms with Gasteiger partial charge in [0.25, 0.3) is 11.8 Å². The number of ether oxygens (including phenoxy) is 1. The molecule has 0 atom stereocenters. The SMILES string of the molecule is CCN(CC)C(=O)c1ccc(NC(=O)COC(=O)c2cc(C)nc3ccccc23)cc1. The lowest BCUT2D eigenvalue weighted by atomic mass is 10.1. The molecule has 7 nitrogen and oxygen atoms in total. The van der Waals surface area contributed by atoms with E-state index >= 15 is 0 Å². The lowest BCUT2D eigenvalue weighted by Crippen LogP contribution is -2.30. The highest BCUT2D eigenvalue weighted by Crippen LogP contribution is 2.19. The van der Waals surface area contributed by atoms with Crippen molar-refractivity contribution in [2.24, 2.45) is 0 Å². The average Bonchev–Trinajstić information content (AvgIpc) is 2.78. The van der Waals surface area contributed by atoms with E-state index in [0.717, 1.165) is 0 Å². The van der Waals surface area contributed by atoms with Crippen molar-refractivity contribution in [2.45, 2.75) is 20.8 Å². The maximum atomic E-state index is 12.5. The quantitative estimate of drug-likeness (QED) is 0.588. The van der Waals surface area contributed by atoms with Gasteiger partial charge in [-0.1, -0.05) is 18.2 Å². The summed E-state index contributed by atoms with van der Waals surface area (Å²) in [5.74, 6) is -1.11. The maximum Gasteiger partial charge on any atom is 0.339 e. The zero-order valence-corrected chi connectivity index (χ0v) is 17.8. The van der Waals surface area contributed by atoms with E-state index in [1.165, 1.54) is 0 Å². The average molecular weight is 419 g/mol. The van der Waals surface area contributed by atoms with Crippen molar-refractivity contribution in [1.29, 1.82) is 0 Å². The van der Waals surface area contributed by atoms with Crippen molar-refractivity contribution in [3.63, 3.8) is 0 Å². The predicted octanol–water partition coefficient (Wildman–Crippen LogP) is 3.82. The van der Waals surface area contributed by atoms with Gasteiger partial charge >= 0.3 is 5.97 Å². The molecule has 0 saturated heterocycles. The van der Waals surface area contributed by atoms with Crippen LogP contribution in [0.1, 0.15) is 40.3 Å². The van der Waals surface area contributed by atoms with Gasteiger partial charge in [-0.3, -0.25) is 14.6 Å². The summed E-state index contributed by atoms with van der Waals surface area (Å²) in [6, 6.07) is 15.5. The molecule has 0 aliphatic rings. The number of nitrogens with zero attached hydrogens (tertiary/aromatic N) is 2. The van der Waals surface area contributed by atoms with Crippen LogP contribution in [0.25, 0.3) is 10.9 Å². The molecule has 0 radical (unpaired) electrons. The van der Waals surface area contributed by atoms with Crippen molar-refractivity contribution in [2.75, 3.05) is 25.0 Å². The molecular weight excluding hydrogens is 394 g/mol. The minimum Gasteiger partial charge on any atom is -0.452 e. The molecule has 3 rings (SSSR count). The molecular formula is C24H25N3O4. The minimum atomic E-state index is -0.586. The van der Waals surface area contributed by atoms with Gasteiger partial charge in [0.1, 0.15) is 0 Å². The Morgan fingerprint density at radius 2 is 1.68 bits per heavy atom. The lowest BCUT2D eigenvalue weighted by Gasteiger charge is -2.18. The first-order chi connectivity index (χ1) is 14.9. The molecule has 31 heavy (non-hydrogen) atoms. The number of benzene rings is 2. The topological polar surface area (TPSA) is 88.6 Å². The Labute approximate surface area is 181 Å². The van der Waals surface area contributed by atoms with Gasteiger partial charge in [0.05, 0.1) is 11.1 Å². The third kappa shape index (κ3) is 5.25. The second-order valence-electron chi connectivity index (χ2n) is 7.01. The van der Waals surface area contributed by atoms with Crippen LogP contribution in [-0.2, 0) is 9.53 Å². The van der Waals surface area contributed by atoms with Gasteiger partial charge in [-0.05, 0) is 57.2 Å². The van der Waals surface area contributed by atoms with E-state index in [1.807, 2.05) is 32.0 Å². The van der Waals surface area contributed by atoms with Gasteiger partial charge in [-0.15, -0.1) is 0 Å². The van der Waals surface area contributed by atoms with E-state index in [1.54, 1.807) is 48.2 Å². The number of amides is 2. The zero-order valence-electron chi connectivity index (χ0n) is 17.8. The summed E-state index contributed by atoms with van der Waals surface area (Å²) in [6.07, 6.45) is 0. The van der Waals surface area contributed by atoms with Gasteiger partial charge in [-0.25, -0.2) is 4.79 Å². The monoisotopic (exact) mass is 419 g/mol. The molecule has 0 aliphatic heterocycles. The standard InChI is InChI=1S/C24H25N3O4/c1-4-27(5-2)23(29)17-10-12-18(13-11-17)26-22(28)15-31-24(30)20-14-16(3)25-21-9-7-6-8-19(20)21/h6-14H,4-5,15H2,1-3H3,(H,26,28). The fourth-order valence-corrected chi connectivity index (χ4v) is 3.27. The van der Waals surface area contributed by atoms with Crippen molar-refractivity contribution >= 4 is 34.4 Å². The third-order valence-corrected chi connectivity index (χ3v) is 4.86. The second kappa shape index (κ2) is 9.84. The molecule has 0 unspecified atom stereocenters. The zero-order chi connectivity index (χ0) is 22.4. The number of hydrogen-bond acceptors (Lipinski definition) is 5. The fourth-order valence-electron chi connectivity index (χ4n) is 3.27. The molecule has 1 N–H and O–H groups in total. The molecule has 0 aliphatic carbocycles. The number of aromatic nitrogens is 1. The molecule has 2 amide bonds. The van der Waals surface area contributed by atoms with Gasteiger partial charge < -0.3 is 15.0 Å². The summed E-state index contributed by atoms with van der Waals surface area (Å²) in [6.45, 7) is 6.48. The Bertz CT molecular complexity index is 1110. The second-order valence-corrected chi connectivity index (χ2v) is 7.01. The van der Waals surface area contributed by atoms with Crippen molar-refractivity contribution < 1.29 is 19.1 Å². The van der Waals surface area contributed by atoms with Crippen molar-refractivity contribution in [3.05, 3.63) is 71.4 Å². The van der Waals surface area contributed by atoms with E-state index in [4.69, 9.17) is 4.74 Å². The number of carbonyl (C=O) groups excluding carboxylic acids is 3. The molecule has 0 spiro atoms. The maximum absolute atomic E-state index is 12.5. The first-order valence-corrected chi connectivity index (χ1v) is 10.2. The highest BCUT2D eigenvalue weighted by atomic mass is 16.5. The third-order valence-electron chi connectivity index (χ3n) is 4.86. The molecule has 160 valence electrons. The molecule has 0 fully saturated rings. The Morgan fingerprint density at radius 3 is 2.35 bits per heavy atom. The number of pyridine rings is 1. The summed E-state index contributed by atoms with van der Waals surface area (Å²) < 4.78 is 5.21. The molecule has 0 bridgehead atoms. The number of anilines is 1. The van der Waals surface area contributed by atoms with Gasteiger partial charge in [0.2, 0.25) is 0 Å². The largest absolute Gasteiger partial charge is 0.452 e. The minimum absolute atomic E-state index is 0.0586. The van der Waals surface area contributed by atoms with E-state index in [-0.39, 0.29) is 5.91 Å². The number of carbonyl (C=O) groups is 3. The Kier molecular flexibility index (Phi) is 6.97. The molecule has 3 aromatic rings. The summed E-state index contributed by atoms with van der Waals surface area (Å²) in [4.78, 5) is 43.2. The van der Waals surface area contributed by atoms with Crippen LogP contribution in [0, 0.1) is 6.92 Å². The molecule has 2 aromatic carbocycles. The van der Waals surface area contributed by atoms with Gasteiger partial charge in [0, 0.05) is 35.4 Å².